The summed E-state index contributed by atoms with van der Waals surface area (Å²) in [6.45, 7) is 3.47. The molecule has 0 amide bonds. The molecule has 0 bridgehead atoms. The monoisotopic (exact) mass is 290 g/mol. The van der Waals surface area contributed by atoms with E-state index in [0.717, 1.165) is 12.1 Å². The molecule has 0 aliphatic rings. The number of nitrogens with zero attached hydrogens (tertiary/aromatic N) is 4. The van der Waals surface area contributed by atoms with Gasteiger partial charge in [-0.3, -0.25) is 9.67 Å². The topological polar surface area (TPSA) is 63.4 Å². The number of methoxy groups -OCH3 is 1. The molecule has 0 radical (unpaired) electrons. The molecule has 0 saturated carbocycles. The second-order valence-electron chi connectivity index (χ2n) is 5.29. The highest BCUT2D eigenvalue weighted by Gasteiger charge is 2.22. The molecule has 2 aromatic rings. The van der Waals surface area contributed by atoms with E-state index in [1.54, 1.807) is 24.2 Å². The number of rotatable bonds is 6. The predicted molar refractivity (Wildman–Crippen MR) is 80.4 cm³/mol. The van der Waals surface area contributed by atoms with Gasteiger partial charge in [0.2, 0.25) is 0 Å². The first kappa shape index (κ1) is 15.5. The zero-order valence-electron chi connectivity index (χ0n) is 12.9. The standard InChI is InChI=1S/C15H22N4O2/c1-11-5-6-16-12(9-11)15(20)14-13(21-4)10-17-19(14)8-7-18(2)3/h5-6,9-10,15,20H,7-8H2,1-4H3. The Balaban J connectivity index is 2.34. The van der Waals surface area contributed by atoms with Crippen LogP contribution in [0.25, 0.3) is 0 Å². The van der Waals surface area contributed by atoms with Gasteiger partial charge < -0.3 is 14.7 Å². The molecule has 1 N–H and O–H groups in total. The minimum atomic E-state index is -0.857. The van der Waals surface area contributed by atoms with Gasteiger partial charge in [0.25, 0.3) is 0 Å². The highest BCUT2D eigenvalue weighted by molar-refractivity contribution is 5.33. The number of likely N-dealkylation sites (N-methyl/N-ethyl adjacent to an activating group) is 1. The van der Waals surface area contributed by atoms with Crippen LogP contribution in [-0.4, -0.2) is 52.5 Å². The van der Waals surface area contributed by atoms with E-state index in [1.807, 2.05) is 33.2 Å². The lowest BCUT2D eigenvalue weighted by Gasteiger charge is -2.16. The molecule has 0 fully saturated rings. The Hall–Kier alpha value is -1.92. The Morgan fingerprint density at radius 3 is 2.81 bits per heavy atom. The van der Waals surface area contributed by atoms with Gasteiger partial charge in [0.05, 0.1) is 25.5 Å². The van der Waals surface area contributed by atoms with Crippen molar-refractivity contribution in [3.8, 4) is 5.75 Å². The molecule has 0 aliphatic heterocycles. The van der Waals surface area contributed by atoms with Crippen molar-refractivity contribution in [3.05, 3.63) is 41.5 Å². The van der Waals surface area contributed by atoms with Gasteiger partial charge in [-0.05, 0) is 38.7 Å². The van der Waals surface area contributed by atoms with Gasteiger partial charge in [0.15, 0.2) is 5.75 Å². The average Bonchev–Trinajstić information content (AvgIpc) is 2.87. The fraction of sp³-hybridized carbons (Fsp3) is 0.467. The van der Waals surface area contributed by atoms with Crippen molar-refractivity contribution in [1.29, 1.82) is 0 Å². The summed E-state index contributed by atoms with van der Waals surface area (Å²) in [5.74, 6) is 0.574. The maximum Gasteiger partial charge on any atom is 0.163 e. The van der Waals surface area contributed by atoms with Gasteiger partial charge in [-0.1, -0.05) is 0 Å². The lowest BCUT2D eigenvalue weighted by atomic mass is 10.1. The zero-order chi connectivity index (χ0) is 15.4. The Morgan fingerprint density at radius 1 is 1.43 bits per heavy atom. The van der Waals surface area contributed by atoms with E-state index in [9.17, 15) is 5.11 Å². The summed E-state index contributed by atoms with van der Waals surface area (Å²) < 4.78 is 7.09. The third-order valence-electron chi connectivity index (χ3n) is 3.30. The lowest BCUT2D eigenvalue weighted by molar-refractivity contribution is 0.195. The van der Waals surface area contributed by atoms with Crippen molar-refractivity contribution in [2.75, 3.05) is 27.7 Å². The Morgan fingerprint density at radius 2 is 2.19 bits per heavy atom. The first-order chi connectivity index (χ1) is 10.0. The van der Waals surface area contributed by atoms with Gasteiger partial charge in [-0.15, -0.1) is 0 Å². The van der Waals surface area contributed by atoms with Crippen LogP contribution < -0.4 is 4.74 Å². The predicted octanol–water partition coefficient (Wildman–Crippen LogP) is 1.24. The smallest absolute Gasteiger partial charge is 0.163 e. The number of aromatic nitrogens is 3. The minimum absolute atomic E-state index is 0.574. The van der Waals surface area contributed by atoms with Crippen LogP contribution in [0, 0.1) is 6.92 Å². The first-order valence-corrected chi connectivity index (χ1v) is 6.88. The minimum Gasteiger partial charge on any atom is -0.493 e. The van der Waals surface area contributed by atoms with Gasteiger partial charge >= 0.3 is 0 Å². The number of aryl methyl sites for hydroxylation is 1. The van der Waals surface area contributed by atoms with Crippen LogP contribution in [0.2, 0.25) is 0 Å². The largest absolute Gasteiger partial charge is 0.493 e. The summed E-state index contributed by atoms with van der Waals surface area (Å²) in [4.78, 5) is 6.31. The van der Waals surface area contributed by atoms with E-state index in [0.29, 0.717) is 23.7 Å². The third kappa shape index (κ3) is 3.59. The highest BCUT2D eigenvalue weighted by atomic mass is 16.5. The van der Waals surface area contributed by atoms with E-state index in [2.05, 4.69) is 15.0 Å². The summed E-state index contributed by atoms with van der Waals surface area (Å²) in [5, 5.41) is 15.0. The summed E-state index contributed by atoms with van der Waals surface area (Å²) in [5.41, 5.74) is 2.29. The number of aliphatic hydroxyl groups excluding tert-OH is 1. The molecule has 6 nitrogen and oxygen atoms in total. The molecule has 0 saturated heterocycles. The number of ether oxygens (including phenoxy) is 1. The molecule has 21 heavy (non-hydrogen) atoms. The molecule has 1 atom stereocenters. The maximum atomic E-state index is 10.6. The Labute approximate surface area is 125 Å². The third-order valence-corrected chi connectivity index (χ3v) is 3.30. The van der Waals surface area contributed by atoms with Crippen molar-refractivity contribution < 1.29 is 9.84 Å². The fourth-order valence-corrected chi connectivity index (χ4v) is 2.13. The van der Waals surface area contributed by atoms with Crippen LogP contribution in [0.15, 0.2) is 24.5 Å². The van der Waals surface area contributed by atoms with Gasteiger partial charge in [-0.25, -0.2) is 0 Å². The Kier molecular flexibility index (Phi) is 4.93. The normalized spacial score (nSPS) is 12.7. The maximum absolute atomic E-state index is 10.6. The van der Waals surface area contributed by atoms with Crippen LogP contribution in [0.1, 0.15) is 23.1 Å². The molecule has 0 spiro atoms. The van der Waals surface area contributed by atoms with Crippen molar-refractivity contribution in [2.45, 2.75) is 19.6 Å². The van der Waals surface area contributed by atoms with Crippen LogP contribution >= 0.6 is 0 Å². The molecule has 6 heteroatoms. The van der Waals surface area contributed by atoms with Crippen LogP contribution in [-0.2, 0) is 6.54 Å². The molecular formula is C15H22N4O2. The van der Waals surface area contributed by atoms with E-state index in [-0.39, 0.29) is 0 Å². The number of hydrogen-bond acceptors (Lipinski definition) is 5. The van der Waals surface area contributed by atoms with Gasteiger partial charge in [0, 0.05) is 12.7 Å². The van der Waals surface area contributed by atoms with Crippen LogP contribution in [0.5, 0.6) is 5.75 Å². The number of hydrogen-bond donors (Lipinski definition) is 1. The van der Waals surface area contributed by atoms with Crippen LogP contribution in [0.4, 0.5) is 0 Å². The molecule has 2 heterocycles. The van der Waals surface area contributed by atoms with Gasteiger partial charge in [-0.2, -0.15) is 5.10 Å². The first-order valence-electron chi connectivity index (χ1n) is 6.88. The quantitative estimate of drug-likeness (QED) is 0.867. The van der Waals surface area contributed by atoms with Crippen LogP contribution in [0.3, 0.4) is 0 Å². The molecule has 0 aliphatic carbocycles. The molecule has 2 rings (SSSR count). The molecule has 1 unspecified atom stereocenters. The van der Waals surface area contributed by atoms with Crippen molar-refractivity contribution >= 4 is 0 Å². The summed E-state index contributed by atoms with van der Waals surface area (Å²) in [7, 11) is 5.57. The zero-order valence-corrected chi connectivity index (χ0v) is 12.9. The highest BCUT2D eigenvalue weighted by Crippen LogP contribution is 2.29. The van der Waals surface area contributed by atoms with Crippen molar-refractivity contribution in [2.24, 2.45) is 0 Å². The second kappa shape index (κ2) is 6.69. The lowest BCUT2D eigenvalue weighted by Crippen LogP contribution is -2.21. The summed E-state index contributed by atoms with van der Waals surface area (Å²) in [6.07, 6.45) is 2.47. The number of pyridine rings is 1. The molecule has 114 valence electrons. The van der Waals surface area contributed by atoms with Gasteiger partial charge in [0.1, 0.15) is 11.8 Å². The Bertz CT molecular complexity index is 595. The molecular weight excluding hydrogens is 268 g/mol. The van der Waals surface area contributed by atoms with E-state index < -0.39 is 6.10 Å². The van der Waals surface area contributed by atoms with E-state index in [4.69, 9.17) is 4.74 Å². The fourth-order valence-electron chi connectivity index (χ4n) is 2.13. The van der Waals surface area contributed by atoms with E-state index in [1.165, 1.54) is 0 Å². The van der Waals surface area contributed by atoms with E-state index >= 15 is 0 Å². The summed E-state index contributed by atoms with van der Waals surface area (Å²) in [6, 6.07) is 3.77. The SMILES string of the molecule is COc1cnn(CCN(C)C)c1C(O)c1cc(C)ccn1. The second-order valence-corrected chi connectivity index (χ2v) is 5.29. The van der Waals surface area contributed by atoms with Crippen molar-refractivity contribution in [1.82, 2.24) is 19.7 Å². The van der Waals surface area contributed by atoms with Crippen molar-refractivity contribution in [3.63, 3.8) is 0 Å². The number of aliphatic hydroxyl groups is 1. The summed E-state index contributed by atoms with van der Waals surface area (Å²) >= 11 is 0. The molecule has 2 aromatic heterocycles. The average molecular weight is 290 g/mol. The molecule has 0 aromatic carbocycles.